The zero-order valence-electron chi connectivity index (χ0n) is 10.4. The molecule has 1 aliphatic heterocycles. The van der Waals surface area contributed by atoms with Gasteiger partial charge in [-0.2, -0.15) is 0 Å². The molecule has 1 aromatic rings. The fraction of sp³-hybridized carbons (Fsp3) is 0.500. The lowest BCUT2D eigenvalue weighted by Crippen LogP contribution is -2.44. The van der Waals surface area contributed by atoms with Crippen LogP contribution < -0.4 is 5.73 Å². The van der Waals surface area contributed by atoms with E-state index in [4.69, 9.17) is 28.9 Å². The van der Waals surface area contributed by atoms with E-state index in [0.717, 1.165) is 5.56 Å². The predicted octanol–water partition coefficient (Wildman–Crippen LogP) is 1.72. The van der Waals surface area contributed by atoms with Gasteiger partial charge in [0.25, 0.3) is 0 Å². The van der Waals surface area contributed by atoms with Gasteiger partial charge < -0.3 is 5.73 Å². The zero-order valence-corrected chi connectivity index (χ0v) is 12.7. The van der Waals surface area contributed by atoms with Crippen LogP contribution in [0.1, 0.15) is 11.6 Å². The summed E-state index contributed by atoms with van der Waals surface area (Å²) in [7, 11) is -2.88. The standard InChI is InChI=1S/C12H16Cl2N2O2S/c13-10-2-1-9(7-11(10)14)12(8-15)16-3-5-19(17,18)6-4-16/h1-2,7,12H,3-6,8,15H2. The fourth-order valence-electron chi connectivity index (χ4n) is 2.25. The Bertz CT molecular complexity index is 549. The zero-order chi connectivity index (χ0) is 14.0. The van der Waals surface area contributed by atoms with Crippen LogP contribution in [0.4, 0.5) is 0 Å². The molecule has 0 aromatic heterocycles. The summed E-state index contributed by atoms with van der Waals surface area (Å²) in [5.41, 5.74) is 6.79. The maximum Gasteiger partial charge on any atom is 0.152 e. The van der Waals surface area contributed by atoms with Crippen LogP contribution in [0.5, 0.6) is 0 Å². The SMILES string of the molecule is NCC(c1ccc(Cl)c(Cl)c1)N1CCS(=O)(=O)CC1. The van der Waals surface area contributed by atoms with Crippen LogP contribution in [0, 0.1) is 0 Å². The molecule has 1 atom stereocenters. The van der Waals surface area contributed by atoms with Gasteiger partial charge in [-0.25, -0.2) is 8.42 Å². The Balaban J connectivity index is 2.18. The van der Waals surface area contributed by atoms with Crippen molar-refractivity contribution in [3.05, 3.63) is 33.8 Å². The van der Waals surface area contributed by atoms with Crippen molar-refractivity contribution >= 4 is 33.0 Å². The highest BCUT2D eigenvalue weighted by molar-refractivity contribution is 7.91. The second-order valence-electron chi connectivity index (χ2n) is 4.61. The smallest absolute Gasteiger partial charge is 0.152 e. The minimum absolute atomic E-state index is 0.0229. The van der Waals surface area contributed by atoms with Gasteiger partial charge in [-0.3, -0.25) is 4.90 Å². The van der Waals surface area contributed by atoms with E-state index in [1.807, 2.05) is 6.07 Å². The Labute approximate surface area is 123 Å². The first-order valence-electron chi connectivity index (χ1n) is 6.02. The van der Waals surface area contributed by atoms with E-state index in [1.165, 1.54) is 0 Å². The molecular formula is C12H16Cl2N2O2S. The van der Waals surface area contributed by atoms with Crippen LogP contribution >= 0.6 is 23.2 Å². The van der Waals surface area contributed by atoms with E-state index in [-0.39, 0.29) is 17.5 Å². The molecule has 0 aliphatic carbocycles. The van der Waals surface area contributed by atoms with E-state index >= 15 is 0 Å². The maximum atomic E-state index is 11.4. The molecule has 1 saturated heterocycles. The van der Waals surface area contributed by atoms with E-state index in [9.17, 15) is 8.42 Å². The fourth-order valence-corrected chi connectivity index (χ4v) is 3.79. The summed E-state index contributed by atoms with van der Waals surface area (Å²) < 4.78 is 22.9. The Morgan fingerprint density at radius 1 is 1.21 bits per heavy atom. The summed E-state index contributed by atoms with van der Waals surface area (Å²) in [5.74, 6) is 0.371. The average Bonchev–Trinajstić information content (AvgIpc) is 2.36. The van der Waals surface area contributed by atoms with Gasteiger partial charge in [0.2, 0.25) is 0 Å². The maximum absolute atomic E-state index is 11.4. The second-order valence-corrected chi connectivity index (χ2v) is 7.73. The molecular weight excluding hydrogens is 307 g/mol. The predicted molar refractivity (Wildman–Crippen MR) is 78.5 cm³/mol. The molecule has 0 radical (unpaired) electrons. The number of sulfone groups is 1. The molecule has 19 heavy (non-hydrogen) atoms. The lowest BCUT2D eigenvalue weighted by Gasteiger charge is -2.34. The molecule has 1 aliphatic rings. The first kappa shape index (κ1) is 15.1. The first-order chi connectivity index (χ1) is 8.93. The van der Waals surface area contributed by atoms with Crippen molar-refractivity contribution in [2.45, 2.75) is 6.04 Å². The number of rotatable bonds is 3. The van der Waals surface area contributed by atoms with Crippen LogP contribution in [0.3, 0.4) is 0 Å². The molecule has 0 saturated carbocycles. The molecule has 7 heteroatoms. The molecule has 4 nitrogen and oxygen atoms in total. The third-order valence-electron chi connectivity index (χ3n) is 3.37. The molecule has 106 valence electrons. The third-order valence-corrected chi connectivity index (χ3v) is 5.72. The van der Waals surface area contributed by atoms with Crippen LogP contribution in [0.15, 0.2) is 18.2 Å². The lowest BCUT2D eigenvalue weighted by atomic mass is 10.1. The highest BCUT2D eigenvalue weighted by Crippen LogP contribution is 2.28. The minimum atomic E-state index is -2.88. The number of halogens is 2. The van der Waals surface area contributed by atoms with Gasteiger partial charge in [-0.05, 0) is 17.7 Å². The van der Waals surface area contributed by atoms with E-state index in [0.29, 0.717) is 29.7 Å². The first-order valence-corrected chi connectivity index (χ1v) is 8.60. The van der Waals surface area contributed by atoms with Gasteiger partial charge in [0.05, 0.1) is 21.6 Å². The van der Waals surface area contributed by atoms with Crippen molar-refractivity contribution in [1.82, 2.24) is 4.90 Å². The van der Waals surface area contributed by atoms with Crippen LogP contribution in [0.25, 0.3) is 0 Å². The number of hydrogen-bond donors (Lipinski definition) is 1. The molecule has 0 amide bonds. The quantitative estimate of drug-likeness (QED) is 0.920. The second kappa shape index (κ2) is 5.97. The Morgan fingerprint density at radius 3 is 2.37 bits per heavy atom. The van der Waals surface area contributed by atoms with Gasteiger partial charge in [0, 0.05) is 25.7 Å². The van der Waals surface area contributed by atoms with Crippen LogP contribution in [0.2, 0.25) is 10.0 Å². The van der Waals surface area contributed by atoms with E-state index in [1.54, 1.807) is 12.1 Å². The molecule has 1 aromatic carbocycles. The van der Waals surface area contributed by atoms with Crippen LogP contribution in [-0.4, -0.2) is 44.5 Å². The van der Waals surface area contributed by atoms with E-state index in [2.05, 4.69) is 4.90 Å². The van der Waals surface area contributed by atoms with Gasteiger partial charge in [0.15, 0.2) is 9.84 Å². The number of nitrogens with zero attached hydrogens (tertiary/aromatic N) is 1. The Morgan fingerprint density at radius 2 is 1.84 bits per heavy atom. The van der Waals surface area contributed by atoms with Crippen LogP contribution in [-0.2, 0) is 9.84 Å². The monoisotopic (exact) mass is 322 g/mol. The molecule has 0 spiro atoms. The largest absolute Gasteiger partial charge is 0.329 e. The highest BCUT2D eigenvalue weighted by Gasteiger charge is 2.27. The average molecular weight is 323 g/mol. The van der Waals surface area contributed by atoms with Crippen molar-refractivity contribution in [3.8, 4) is 0 Å². The Kier molecular flexibility index (Phi) is 4.74. The van der Waals surface area contributed by atoms with Crippen molar-refractivity contribution in [3.63, 3.8) is 0 Å². The summed E-state index contributed by atoms with van der Waals surface area (Å²) in [4.78, 5) is 2.08. The van der Waals surface area contributed by atoms with E-state index < -0.39 is 9.84 Å². The van der Waals surface area contributed by atoms with Crippen molar-refractivity contribution in [2.75, 3.05) is 31.1 Å². The molecule has 0 bridgehead atoms. The number of benzene rings is 1. The summed E-state index contributed by atoms with van der Waals surface area (Å²) >= 11 is 11.9. The number of nitrogens with two attached hydrogens (primary N) is 1. The number of hydrogen-bond acceptors (Lipinski definition) is 4. The van der Waals surface area contributed by atoms with Crippen molar-refractivity contribution < 1.29 is 8.42 Å². The third kappa shape index (κ3) is 3.61. The normalized spacial score (nSPS) is 21.2. The van der Waals surface area contributed by atoms with Gasteiger partial charge >= 0.3 is 0 Å². The van der Waals surface area contributed by atoms with Crippen molar-refractivity contribution in [1.29, 1.82) is 0 Å². The highest BCUT2D eigenvalue weighted by atomic mass is 35.5. The Hall–Kier alpha value is -0.330. The lowest BCUT2D eigenvalue weighted by molar-refractivity contribution is 0.219. The topological polar surface area (TPSA) is 63.4 Å². The molecule has 2 rings (SSSR count). The van der Waals surface area contributed by atoms with Gasteiger partial charge in [-0.15, -0.1) is 0 Å². The van der Waals surface area contributed by atoms with Gasteiger partial charge in [0.1, 0.15) is 0 Å². The molecule has 1 fully saturated rings. The summed E-state index contributed by atoms with van der Waals surface area (Å²) in [6.07, 6.45) is 0. The summed E-state index contributed by atoms with van der Waals surface area (Å²) in [6.45, 7) is 1.42. The summed E-state index contributed by atoms with van der Waals surface area (Å²) in [5, 5.41) is 0.990. The molecule has 1 unspecified atom stereocenters. The molecule has 2 N–H and O–H groups in total. The summed E-state index contributed by atoms with van der Waals surface area (Å²) in [6, 6.07) is 5.40. The molecule has 1 heterocycles. The minimum Gasteiger partial charge on any atom is -0.329 e. The van der Waals surface area contributed by atoms with Crippen molar-refractivity contribution in [2.24, 2.45) is 5.73 Å². The van der Waals surface area contributed by atoms with Gasteiger partial charge in [-0.1, -0.05) is 29.3 Å².